The van der Waals surface area contributed by atoms with Crippen LogP contribution in [0.25, 0.3) is 0 Å². The summed E-state index contributed by atoms with van der Waals surface area (Å²) in [5.41, 5.74) is 4.81. The first-order chi connectivity index (χ1) is 8.13. The quantitative estimate of drug-likeness (QED) is 0.584. The monoisotopic (exact) mass is 237 g/mol. The number of hydrazine groups is 1. The van der Waals surface area contributed by atoms with Crippen molar-refractivity contribution in [3.63, 3.8) is 0 Å². The standard InChI is InChI=1S/C11H15N3O3/c1-2-7-12-11(17)14-13-10(16)8-3-5-9(15)6-4-8/h3-6,15H,2,7H2,1H3,(H,13,16)(H2,12,14,17). The Morgan fingerprint density at radius 2 is 1.82 bits per heavy atom. The summed E-state index contributed by atoms with van der Waals surface area (Å²) < 4.78 is 0. The second kappa shape index (κ2) is 6.37. The number of carbonyl (C=O) groups excluding carboxylic acids is 2. The highest BCUT2D eigenvalue weighted by molar-refractivity contribution is 5.95. The molecule has 0 heterocycles. The molecular formula is C11H15N3O3. The summed E-state index contributed by atoms with van der Waals surface area (Å²) in [6.45, 7) is 2.47. The molecule has 0 fully saturated rings. The molecule has 1 aromatic carbocycles. The van der Waals surface area contributed by atoms with Crippen LogP contribution in [0.5, 0.6) is 5.75 Å². The minimum atomic E-state index is -0.459. The van der Waals surface area contributed by atoms with Gasteiger partial charge in [0.05, 0.1) is 0 Å². The summed E-state index contributed by atoms with van der Waals surface area (Å²) in [5, 5.41) is 11.6. The van der Waals surface area contributed by atoms with E-state index in [4.69, 9.17) is 5.11 Å². The van der Waals surface area contributed by atoms with E-state index in [0.717, 1.165) is 6.42 Å². The lowest BCUT2D eigenvalue weighted by atomic mass is 10.2. The molecule has 0 unspecified atom stereocenters. The molecule has 6 heteroatoms. The van der Waals surface area contributed by atoms with Crippen molar-refractivity contribution in [1.82, 2.24) is 16.2 Å². The molecule has 4 N–H and O–H groups in total. The van der Waals surface area contributed by atoms with Gasteiger partial charge in [-0.15, -0.1) is 0 Å². The predicted molar refractivity (Wildman–Crippen MR) is 62.4 cm³/mol. The Bertz CT molecular complexity index is 389. The number of benzene rings is 1. The predicted octanol–water partition coefficient (Wildman–Crippen LogP) is 0.746. The molecule has 0 atom stereocenters. The van der Waals surface area contributed by atoms with Crippen LogP contribution in [0.2, 0.25) is 0 Å². The highest BCUT2D eigenvalue weighted by atomic mass is 16.3. The van der Waals surface area contributed by atoms with Gasteiger partial charge in [0, 0.05) is 12.1 Å². The first kappa shape index (κ1) is 12.8. The molecule has 0 spiro atoms. The number of phenolic OH excluding ortho intramolecular Hbond substituents is 1. The Labute approximate surface area is 99.0 Å². The van der Waals surface area contributed by atoms with Gasteiger partial charge in [0.15, 0.2) is 0 Å². The summed E-state index contributed by atoms with van der Waals surface area (Å²) in [5.74, 6) is -0.369. The summed E-state index contributed by atoms with van der Waals surface area (Å²) >= 11 is 0. The molecule has 6 nitrogen and oxygen atoms in total. The van der Waals surface area contributed by atoms with Crippen molar-refractivity contribution >= 4 is 11.9 Å². The largest absolute Gasteiger partial charge is 0.508 e. The van der Waals surface area contributed by atoms with E-state index in [-0.39, 0.29) is 5.75 Å². The van der Waals surface area contributed by atoms with Crippen LogP contribution in [0.3, 0.4) is 0 Å². The van der Waals surface area contributed by atoms with Crippen LogP contribution < -0.4 is 16.2 Å². The molecule has 17 heavy (non-hydrogen) atoms. The van der Waals surface area contributed by atoms with Gasteiger partial charge < -0.3 is 10.4 Å². The van der Waals surface area contributed by atoms with Gasteiger partial charge in [-0.1, -0.05) is 6.92 Å². The van der Waals surface area contributed by atoms with E-state index in [1.807, 2.05) is 6.92 Å². The van der Waals surface area contributed by atoms with E-state index < -0.39 is 11.9 Å². The highest BCUT2D eigenvalue weighted by Gasteiger charge is 2.06. The van der Waals surface area contributed by atoms with Crippen molar-refractivity contribution in [3.8, 4) is 5.75 Å². The summed E-state index contributed by atoms with van der Waals surface area (Å²) in [6, 6.07) is 5.24. The fourth-order valence-electron chi connectivity index (χ4n) is 1.08. The Hall–Kier alpha value is -2.24. The summed E-state index contributed by atoms with van der Waals surface area (Å²) in [4.78, 5) is 22.6. The maximum Gasteiger partial charge on any atom is 0.333 e. The van der Waals surface area contributed by atoms with E-state index in [2.05, 4.69) is 16.2 Å². The lowest BCUT2D eigenvalue weighted by Crippen LogP contribution is -2.47. The third-order valence-corrected chi connectivity index (χ3v) is 1.95. The highest BCUT2D eigenvalue weighted by Crippen LogP contribution is 2.08. The van der Waals surface area contributed by atoms with E-state index in [1.165, 1.54) is 24.3 Å². The molecule has 0 saturated carbocycles. The zero-order valence-corrected chi connectivity index (χ0v) is 9.49. The van der Waals surface area contributed by atoms with Crippen LogP contribution in [0.1, 0.15) is 23.7 Å². The number of rotatable bonds is 3. The fourth-order valence-corrected chi connectivity index (χ4v) is 1.08. The number of phenols is 1. The van der Waals surface area contributed by atoms with Gasteiger partial charge in [0.25, 0.3) is 5.91 Å². The van der Waals surface area contributed by atoms with Crippen LogP contribution >= 0.6 is 0 Å². The molecule has 0 saturated heterocycles. The van der Waals surface area contributed by atoms with Crippen molar-refractivity contribution in [3.05, 3.63) is 29.8 Å². The van der Waals surface area contributed by atoms with Crippen LogP contribution in [0.15, 0.2) is 24.3 Å². The third kappa shape index (κ3) is 4.42. The van der Waals surface area contributed by atoms with Crippen LogP contribution in [0.4, 0.5) is 4.79 Å². The van der Waals surface area contributed by atoms with Crippen LogP contribution in [-0.4, -0.2) is 23.6 Å². The first-order valence-electron chi connectivity index (χ1n) is 5.26. The number of hydrogen-bond acceptors (Lipinski definition) is 3. The molecule has 3 amide bonds. The van der Waals surface area contributed by atoms with E-state index in [9.17, 15) is 9.59 Å². The molecular weight excluding hydrogens is 222 g/mol. The lowest BCUT2D eigenvalue weighted by Gasteiger charge is -2.08. The molecule has 92 valence electrons. The van der Waals surface area contributed by atoms with Gasteiger partial charge >= 0.3 is 6.03 Å². The summed E-state index contributed by atoms with van der Waals surface area (Å²) in [7, 11) is 0. The number of amides is 3. The zero-order valence-electron chi connectivity index (χ0n) is 9.49. The number of carbonyl (C=O) groups is 2. The SMILES string of the molecule is CCCNC(=O)NNC(=O)c1ccc(O)cc1. The van der Waals surface area contributed by atoms with Crippen LogP contribution in [0, 0.1) is 0 Å². The lowest BCUT2D eigenvalue weighted by molar-refractivity contribution is 0.0936. The number of nitrogens with one attached hydrogen (secondary N) is 3. The smallest absolute Gasteiger partial charge is 0.333 e. The molecule has 0 aliphatic carbocycles. The van der Waals surface area contributed by atoms with E-state index >= 15 is 0 Å². The minimum Gasteiger partial charge on any atom is -0.508 e. The van der Waals surface area contributed by atoms with Gasteiger partial charge in [-0.2, -0.15) is 0 Å². The van der Waals surface area contributed by atoms with Gasteiger partial charge in [-0.25, -0.2) is 10.2 Å². The van der Waals surface area contributed by atoms with Gasteiger partial charge in [-0.3, -0.25) is 10.2 Å². The molecule has 1 aromatic rings. The Kier molecular flexibility index (Phi) is 4.80. The van der Waals surface area contributed by atoms with Gasteiger partial charge in [0.2, 0.25) is 0 Å². The number of urea groups is 1. The Balaban J connectivity index is 2.39. The molecule has 0 aliphatic rings. The van der Waals surface area contributed by atoms with Crippen molar-refractivity contribution < 1.29 is 14.7 Å². The maximum atomic E-state index is 11.5. The van der Waals surface area contributed by atoms with Crippen molar-refractivity contribution in [2.75, 3.05) is 6.54 Å². The molecule has 1 rings (SSSR count). The maximum absolute atomic E-state index is 11.5. The van der Waals surface area contributed by atoms with Gasteiger partial charge in [0.1, 0.15) is 5.75 Å². The van der Waals surface area contributed by atoms with E-state index in [0.29, 0.717) is 12.1 Å². The fraction of sp³-hybridized carbons (Fsp3) is 0.273. The first-order valence-corrected chi connectivity index (χ1v) is 5.26. The van der Waals surface area contributed by atoms with Gasteiger partial charge in [-0.05, 0) is 30.7 Å². The second-order valence-corrected chi connectivity index (χ2v) is 3.38. The second-order valence-electron chi connectivity index (χ2n) is 3.38. The Morgan fingerprint density at radius 3 is 2.41 bits per heavy atom. The third-order valence-electron chi connectivity index (χ3n) is 1.95. The molecule has 0 aliphatic heterocycles. The number of aromatic hydroxyl groups is 1. The summed E-state index contributed by atoms with van der Waals surface area (Å²) in [6.07, 6.45) is 0.819. The molecule has 0 bridgehead atoms. The molecule has 0 aromatic heterocycles. The van der Waals surface area contributed by atoms with E-state index in [1.54, 1.807) is 0 Å². The van der Waals surface area contributed by atoms with Crippen molar-refractivity contribution in [2.24, 2.45) is 0 Å². The number of hydrogen-bond donors (Lipinski definition) is 4. The average Bonchev–Trinajstić information content (AvgIpc) is 2.34. The van der Waals surface area contributed by atoms with Crippen LogP contribution in [-0.2, 0) is 0 Å². The minimum absolute atomic E-state index is 0.0789. The molecule has 0 radical (unpaired) electrons. The van der Waals surface area contributed by atoms with Crippen molar-refractivity contribution in [2.45, 2.75) is 13.3 Å². The Morgan fingerprint density at radius 1 is 1.18 bits per heavy atom. The normalized spacial score (nSPS) is 9.47. The van der Waals surface area contributed by atoms with Crippen molar-refractivity contribution in [1.29, 1.82) is 0 Å². The average molecular weight is 237 g/mol. The zero-order chi connectivity index (χ0) is 12.7. The topological polar surface area (TPSA) is 90.5 Å².